The van der Waals surface area contributed by atoms with E-state index in [4.69, 9.17) is 0 Å². The molecule has 26 heavy (non-hydrogen) atoms. The van der Waals surface area contributed by atoms with Crippen LogP contribution in [0.3, 0.4) is 0 Å². The van der Waals surface area contributed by atoms with Gasteiger partial charge in [0.25, 0.3) is 0 Å². The van der Waals surface area contributed by atoms with Crippen LogP contribution in [-0.4, -0.2) is 17.6 Å². The van der Waals surface area contributed by atoms with Crippen molar-refractivity contribution >= 4 is 11.7 Å². The van der Waals surface area contributed by atoms with E-state index >= 15 is 0 Å². The smallest absolute Gasteiger partial charge is 0.337 e. The molecule has 0 bridgehead atoms. The lowest BCUT2D eigenvalue weighted by atomic mass is 10.0. The third kappa shape index (κ3) is 8.89. The van der Waals surface area contributed by atoms with Gasteiger partial charge in [0, 0.05) is 6.54 Å². The SMILES string of the molecule is CCCC=CCCCNc1c(CCC=CCCCC)cccc1C(=O)O. The third-order valence-electron chi connectivity index (χ3n) is 4.32. The van der Waals surface area contributed by atoms with Gasteiger partial charge in [-0.05, 0) is 50.2 Å². The van der Waals surface area contributed by atoms with Gasteiger partial charge in [-0.3, -0.25) is 0 Å². The number of hydrogen-bond acceptors (Lipinski definition) is 2. The first-order valence-electron chi connectivity index (χ1n) is 10.1. The summed E-state index contributed by atoms with van der Waals surface area (Å²) in [5.41, 5.74) is 2.25. The first kappa shape index (κ1) is 22.0. The van der Waals surface area contributed by atoms with Gasteiger partial charge < -0.3 is 10.4 Å². The van der Waals surface area contributed by atoms with E-state index in [1.807, 2.05) is 12.1 Å². The molecule has 2 N–H and O–H groups in total. The van der Waals surface area contributed by atoms with Crippen molar-refractivity contribution in [1.29, 1.82) is 0 Å². The Bertz CT molecular complexity index is 576. The first-order valence-corrected chi connectivity index (χ1v) is 10.1. The van der Waals surface area contributed by atoms with Gasteiger partial charge in [-0.1, -0.05) is 69.5 Å². The van der Waals surface area contributed by atoms with Gasteiger partial charge in [0.15, 0.2) is 0 Å². The van der Waals surface area contributed by atoms with Crippen LogP contribution in [-0.2, 0) is 6.42 Å². The van der Waals surface area contributed by atoms with Crippen LogP contribution in [0.15, 0.2) is 42.5 Å². The summed E-state index contributed by atoms with van der Waals surface area (Å²) in [7, 11) is 0. The van der Waals surface area contributed by atoms with Gasteiger partial charge in [0.1, 0.15) is 0 Å². The lowest BCUT2D eigenvalue weighted by Crippen LogP contribution is -2.10. The van der Waals surface area contributed by atoms with E-state index < -0.39 is 5.97 Å². The molecule has 1 aromatic rings. The Hall–Kier alpha value is -2.03. The molecular weight excluding hydrogens is 322 g/mol. The molecule has 0 aromatic heterocycles. The monoisotopic (exact) mass is 357 g/mol. The molecule has 0 aliphatic rings. The molecule has 0 unspecified atom stereocenters. The number of nitrogens with one attached hydrogen (secondary N) is 1. The standard InChI is InChI=1S/C23H35NO2/c1-3-5-7-9-11-13-16-20-17-15-18-21(23(25)26)22(20)24-19-14-12-10-8-6-4-2/h8-11,15,17-18,24H,3-7,12-14,16,19H2,1-2H3,(H,25,26). The Balaban J connectivity index is 2.62. The van der Waals surface area contributed by atoms with Crippen molar-refractivity contribution in [1.82, 2.24) is 0 Å². The van der Waals surface area contributed by atoms with E-state index in [0.29, 0.717) is 5.56 Å². The fourth-order valence-corrected chi connectivity index (χ4v) is 2.83. The average Bonchev–Trinajstić information content (AvgIpc) is 2.64. The van der Waals surface area contributed by atoms with Crippen LogP contribution in [0.1, 0.15) is 81.1 Å². The number of allylic oxidation sites excluding steroid dienone is 4. The molecule has 0 fully saturated rings. The van der Waals surface area contributed by atoms with Crippen molar-refractivity contribution < 1.29 is 9.90 Å². The van der Waals surface area contributed by atoms with Crippen molar-refractivity contribution in [3.05, 3.63) is 53.6 Å². The minimum Gasteiger partial charge on any atom is -0.478 e. The molecule has 3 heteroatoms. The van der Waals surface area contributed by atoms with Crippen molar-refractivity contribution in [3.8, 4) is 0 Å². The van der Waals surface area contributed by atoms with Crippen LogP contribution in [0, 0.1) is 0 Å². The summed E-state index contributed by atoms with van der Waals surface area (Å²) in [5, 5.41) is 12.9. The van der Waals surface area contributed by atoms with Crippen LogP contribution >= 0.6 is 0 Å². The lowest BCUT2D eigenvalue weighted by molar-refractivity contribution is 0.0698. The predicted molar refractivity (Wildman–Crippen MR) is 112 cm³/mol. The number of carbonyl (C=O) groups is 1. The molecule has 0 aliphatic carbocycles. The summed E-state index contributed by atoms with van der Waals surface area (Å²) < 4.78 is 0. The lowest BCUT2D eigenvalue weighted by Gasteiger charge is -2.14. The maximum Gasteiger partial charge on any atom is 0.337 e. The average molecular weight is 358 g/mol. The molecule has 0 spiro atoms. The second-order valence-corrected chi connectivity index (χ2v) is 6.63. The molecule has 0 atom stereocenters. The Labute approximate surface area is 159 Å². The first-order chi connectivity index (χ1) is 12.7. The number of aromatic carboxylic acids is 1. The molecule has 0 saturated carbocycles. The summed E-state index contributed by atoms with van der Waals surface area (Å²) in [4.78, 5) is 11.6. The summed E-state index contributed by atoms with van der Waals surface area (Å²) in [6, 6.07) is 5.57. The molecule has 1 aromatic carbocycles. The zero-order valence-corrected chi connectivity index (χ0v) is 16.5. The molecule has 0 aliphatic heterocycles. The van der Waals surface area contributed by atoms with Gasteiger partial charge in [0.2, 0.25) is 0 Å². The number of hydrogen-bond donors (Lipinski definition) is 2. The highest BCUT2D eigenvalue weighted by Gasteiger charge is 2.13. The second-order valence-electron chi connectivity index (χ2n) is 6.63. The van der Waals surface area contributed by atoms with Gasteiger partial charge in [-0.25, -0.2) is 4.79 Å². The van der Waals surface area contributed by atoms with Crippen molar-refractivity contribution in [2.75, 3.05) is 11.9 Å². The highest BCUT2D eigenvalue weighted by Crippen LogP contribution is 2.23. The Morgan fingerprint density at radius 1 is 0.962 bits per heavy atom. The number of rotatable bonds is 14. The van der Waals surface area contributed by atoms with Crippen LogP contribution in [0.2, 0.25) is 0 Å². The van der Waals surface area contributed by atoms with E-state index in [1.54, 1.807) is 6.07 Å². The molecular formula is C23H35NO2. The maximum atomic E-state index is 11.6. The molecule has 3 nitrogen and oxygen atoms in total. The zero-order valence-electron chi connectivity index (χ0n) is 16.5. The number of benzene rings is 1. The van der Waals surface area contributed by atoms with Crippen LogP contribution in [0.5, 0.6) is 0 Å². The van der Waals surface area contributed by atoms with Crippen LogP contribution in [0.4, 0.5) is 5.69 Å². The maximum absolute atomic E-state index is 11.6. The summed E-state index contributed by atoms with van der Waals surface area (Å²) >= 11 is 0. The Morgan fingerprint density at radius 2 is 1.65 bits per heavy atom. The third-order valence-corrected chi connectivity index (χ3v) is 4.32. The Morgan fingerprint density at radius 3 is 2.35 bits per heavy atom. The van der Waals surface area contributed by atoms with E-state index in [1.165, 1.54) is 19.3 Å². The quantitative estimate of drug-likeness (QED) is 0.291. The summed E-state index contributed by atoms with van der Waals surface area (Å²) in [6.45, 7) is 5.16. The van der Waals surface area contributed by atoms with Gasteiger partial charge in [0.05, 0.1) is 11.3 Å². The van der Waals surface area contributed by atoms with Crippen molar-refractivity contribution in [3.63, 3.8) is 0 Å². The fraction of sp³-hybridized carbons (Fsp3) is 0.522. The van der Waals surface area contributed by atoms with E-state index in [9.17, 15) is 9.90 Å². The Kier molecular flexibility index (Phi) is 12.0. The van der Waals surface area contributed by atoms with Gasteiger partial charge in [-0.2, -0.15) is 0 Å². The van der Waals surface area contributed by atoms with Gasteiger partial charge >= 0.3 is 5.97 Å². The van der Waals surface area contributed by atoms with Crippen LogP contribution in [0.25, 0.3) is 0 Å². The zero-order chi connectivity index (χ0) is 19.0. The molecule has 0 radical (unpaired) electrons. The second kappa shape index (κ2) is 14.2. The van der Waals surface area contributed by atoms with Crippen molar-refractivity contribution in [2.45, 2.75) is 71.6 Å². The number of carboxylic acids is 1. The highest BCUT2D eigenvalue weighted by molar-refractivity contribution is 5.95. The summed E-state index contributed by atoms with van der Waals surface area (Å²) in [5.74, 6) is -0.865. The van der Waals surface area contributed by atoms with E-state index in [2.05, 4.69) is 43.5 Å². The number of carboxylic acid groups (broad SMARTS) is 1. The highest BCUT2D eigenvalue weighted by atomic mass is 16.4. The fourth-order valence-electron chi connectivity index (χ4n) is 2.83. The van der Waals surface area contributed by atoms with E-state index in [-0.39, 0.29) is 0 Å². The normalized spacial score (nSPS) is 11.5. The molecule has 1 rings (SSSR count). The molecule has 144 valence electrons. The molecule has 0 heterocycles. The van der Waals surface area contributed by atoms with Gasteiger partial charge in [-0.15, -0.1) is 0 Å². The summed E-state index contributed by atoms with van der Waals surface area (Å²) in [6.07, 6.45) is 18.6. The largest absolute Gasteiger partial charge is 0.478 e. The number of anilines is 1. The topological polar surface area (TPSA) is 49.3 Å². The minimum absolute atomic E-state index is 0.374. The number of para-hydroxylation sites is 1. The predicted octanol–water partition coefficient (Wildman–Crippen LogP) is 6.61. The van der Waals surface area contributed by atoms with Crippen LogP contribution < -0.4 is 5.32 Å². The molecule has 0 saturated heterocycles. The van der Waals surface area contributed by atoms with E-state index in [0.717, 1.165) is 56.3 Å². The van der Waals surface area contributed by atoms with Crippen molar-refractivity contribution in [2.24, 2.45) is 0 Å². The number of aryl methyl sites for hydroxylation is 1. The minimum atomic E-state index is -0.865. The molecule has 0 amide bonds. The number of unbranched alkanes of at least 4 members (excludes halogenated alkanes) is 4.